The molecule has 23 heavy (non-hydrogen) atoms. The van der Waals surface area contributed by atoms with Gasteiger partial charge in [-0.3, -0.25) is 4.79 Å². The van der Waals surface area contributed by atoms with Gasteiger partial charge < -0.3 is 10.0 Å². The molecule has 2 N–H and O–H groups in total. The molecular formula is C15H23N3O4S. The summed E-state index contributed by atoms with van der Waals surface area (Å²) < 4.78 is 29.0. The average molecular weight is 341 g/mol. The molecule has 0 saturated carbocycles. The van der Waals surface area contributed by atoms with Gasteiger partial charge in [0.15, 0.2) is 0 Å². The second-order valence-electron chi connectivity index (χ2n) is 5.89. The van der Waals surface area contributed by atoms with Gasteiger partial charge in [0.25, 0.3) is 10.2 Å². The fourth-order valence-corrected chi connectivity index (χ4v) is 3.86. The van der Waals surface area contributed by atoms with Gasteiger partial charge in [-0.15, -0.1) is 0 Å². The molecule has 0 bridgehead atoms. The van der Waals surface area contributed by atoms with Crippen molar-refractivity contribution in [3.05, 3.63) is 35.4 Å². The summed E-state index contributed by atoms with van der Waals surface area (Å²) in [4.78, 5) is 13.2. The fraction of sp³-hybridized carbons (Fsp3) is 0.533. The lowest BCUT2D eigenvalue weighted by Gasteiger charge is -2.32. The van der Waals surface area contributed by atoms with Crippen molar-refractivity contribution < 1.29 is 18.3 Å². The Kier molecular flexibility index (Phi) is 5.74. The topological polar surface area (TPSA) is 89.9 Å². The van der Waals surface area contributed by atoms with Gasteiger partial charge in [-0.05, 0) is 19.5 Å². The summed E-state index contributed by atoms with van der Waals surface area (Å²) in [6.07, 6.45) is -0.296. The van der Waals surface area contributed by atoms with E-state index in [2.05, 4.69) is 9.62 Å². The van der Waals surface area contributed by atoms with Crippen molar-refractivity contribution in [2.45, 2.75) is 19.4 Å². The second kappa shape index (κ2) is 7.39. The smallest absolute Gasteiger partial charge is 0.305 e. The van der Waals surface area contributed by atoms with Crippen LogP contribution in [-0.4, -0.2) is 61.9 Å². The van der Waals surface area contributed by atoms with Crippen LogP contribution in [0, 0.1) is 6.92 Å². The quantitative estimate of drug-likeness (QED) is 0.790. The van der Waals surface area contributed by atoms with Crippen LogP contribution in [0.15, 0.2) is 24.3 Å². The minimum absolute atomic E-state index is 0.296. The Labute approximate surface area is 137 Å². The molecule has 1 fully saturated rings. The first-order valence-electron chi connectivity index (χ1n) is 7.52. The van der Waals surface area contributed by atoms with Gasteiger partial charge in [0, 0.05) is 26.2 Å². The lowest BCUT2D eigenvalue weighted by Crippen LogP contribution is -2.51. The van der Waals surface area contributed by atoms with Gasteiger partial charge in [0.05, 0.1) is 12.5 Å². The minimum Gasteiger partial charge on any atom is -0.481 e. The Morgan fingerprint density at radius 1 is 1.22 bits per heavy atom. The molecular weight excluding hydrogens is 318 g/mol. The predicted octanol–water partition coefficient (Wildman–Crippen LogP) is 0.593. The SMILES string of the molecule is Cc1ccc(C(CC(=O)O)NS(=O)(=O)N2CCN(C)CC2)cc1. The molecule has 0 radical (unpaired) electrons. The third kappa shape index (κ3) is 5.00. The number of carboxylic acid groups (broad SMARTS) is 1. The van der Waals surface area contributed by atoms with Crippen molar-refractivity contribution in [2.75, 3.05) is 33.2 Å². The third-order valence-electron chi connectivity index (χ3n) is 3.95. The maximum Gasteiger partial charge on any atom is 0.305 e. The van der Waals surface area contributed by atoms with E-state index in [-0.39, 0.29) is 6.42 Å². The third-order valence-corrected chi connectivity index (χ3v) is 5.58. The Balaban J connectivity index is 2.16. The Morgan fingerprint density at radius 3 is 2.30 bits per heavy atom. The highest BCUT2D eigenvalue weighted by molar-refractivity contribution is 7.87. The summed E-state index contributed by atoms with van der Waals surface area (Å²) in [7, 11) is -1.78. The number of hydrogen-bond donors (Lipinski definition) is 2. The highest BCUT2D eigenvalue weighted by atomic mass is 32.2. The molecule has 1 aromatic rings. The van der Waals surface area contributed by atoms with Crippen molar-refractivity contribution in [3.63, 3.8) is 0 Å². The Morgan fingerprint density at radius 2 is 1.78 bits per heavy atom. The largest absolute Gasteiger partial charge is 0.481 e. The fourth-order valence-electron chi connectivity index (χ4n) is 2.48. The molecule has 8 heteroatoms. The van der Waals surface area contributed by atoms with Gasteiger partial charge in [0.1, 0.15) is 0 Å². The number of likely N-dealkylation sites (N-methyl/N-ethyl adjacent to an activating group) is 1. The molecule has 1 heterocycles. The van der Waals surface area contributed by atoms with E-state index in [0.29, 0.717) is 31.7 Å². The maximum atomic E-state index is 12.5. The summed E-state index contributed by atoms with van der Waals surface area (Å²) in [5, 5.41) is 9.09. The van der Waals surface area contributed by atoms with Gasteiger partial charge in [0.2, 0.25) is 0 Å². The van der Waals surface area contributed by atoms with Crippen molar-refractivity contribution >= 4 is 16.2 Å². The van der Waals surface area contributed by atoms with Crippen LogP contribution in [0.1, 0.15) is 23.6 Å². The van der Waals surface area contributed by atoms with Crippen LogP contribution in [0.3, 0.4) is 0 Å². The average Bonchev–Trinajstić information content (AvgIpc) is 2.47. The lowest BCUT2D eigenvalue weighted by molar-refractivity contribution is -0.137. The second-order valence-corrected chi connectivity index (χ2v) is 7.59. The Bertz CT molecular complexity index is 637. The Hall–Kier alpha value is -1.48. The first kappa shape index (κ1) is 17.9. The monoisotopic (exact) mass is 341 g/mol. The molecule has 1 unspecified atom stereocenters. The van der Waals surface area contributed by atoms with Gasteiger partial charge in [-0.1, -0.05) is 29.8 Å². The van der Waals surface area contributed by atoms with Crippen LogP contribution in [0.2, 0.25) is 0 Å². The van der Waals surface area contributed by atoms with Crippen LogP contribution >= 0.6 is 0 Å². The first-order chi connectivity index (χ1) is 10.8. The zero-order chi connectivity index (χ0) is 17.0. The lowest BCUT2D eigenvalue weighted by atomic mass is 10.0. The normalized spacial score (nSPS) is 18.7. The summed E-state index contributed by atoms with van der Waals surface area (Å²) >= 11 is 0. The molecule has 1 aliphatic heterocycles. The van der Waals surface area contributed by atoms with Gasteiger partial charge in [-0.2, -0.15) is 17.4 Å². The molecule has 7 nitrogen and oxygen atoms in total. The molecule has 1 aliphatic rings. The molecule has 1 saturated heterocycles. The van der Waals surface area contributed by atoms with E-state index in [0.717, 1.165) is 5.56 Å². The molecule has 0 aliphatic carbocycles. The molecule has 2 rings (SSSR count). The van der Waals surface area contributed by atoms with Crippen molar-refractivity contribution in [2.24, 2.45) is 0 Å². The highest BCUT2D eigenvalue weighted by Crippen LogP contribution is 2.20. The van der Waals surface area contributed by atoms with Crippen LogP contribution in [0.25, 0.3) is 0 Å². The molecule has 0 spiro atoms. The highest BCUT2D eigenvalue weighted by Gasteiger charge is 2.29. The number of carbonyl (C=O) groups is 1. The van der Waals surface area contributed by atoms with E-state index in [1.807, 2.05) is 26.1 Å². The zero-order valence-corrected chi connectivity index (χ0v) is 14.2. The molecule has 128 valence electrons. The molecule has 0 aromatic heterocycles. The zero-order valence-electron chi connectivity index (χ0n) is 13.4. The van der Waals surface area contributed by atoms with E-state index in [9.17, 15) is 13.2 Å². The van der Waals surface area contributed by atoms with Crippen molar-refractivity contribution in [1.29, 1.82) is 0 Å². The van der Waals surface area contributed by atoms with Crippen LogP contribution in [-0.2, 0) is 15.0 Å². The summed E-state index contributed by atoms with van der Waals surface area (Å²) in [5.41, 5.74) is 1.68. The number of nitrogens with zero attached hydrogens (tertiary/aromatic N) is 2. The molecule has 1 aromatic carbocycles. The predicted molar refractivity (Wildman–Crippen MR) is 87.3 cm³/mol. The van der Waals surface area contributed by atoms with E-state index in [4.69, 9.17) is 5.11 Å². The van der Waals surface area contributed by atoms with E-state index < -0.39 is 22.2 Å². The van der Waals surface area contributed by atoms with Crippen molar-refractivity contribution in [1.82, 2.24) is 13.9 Å². The van der Waals surface area contributed by atoms with Crippen LogP contribution in [0.5, 0.6) is 0 Å². The number of nitrogens with one attached hydrogen (secondary N) is 1. The number of benzene rings is 1. The number of aryl methyl sites for hydroxylation is 1. The standard InChI is InChI=1S/C15H23N3O4S/c1-12-3-5-13(6-4-12)14(11-15(19)20)16-23(21,22)18-9-7-17(2)8-10-18/h3-6,14,16H,7-11H2,1-2H3,(H,19,20). The van der Waals surface area contributed by atoms with Gasteiger partial charge >= 0.3 is 5.97 Å². The first-order valence-corrected chi connectivity index (χ1v) is 8.96. The number of rotatable bonds is 6. The van der Waals surface area contributed by atoms with Crippen LogP contribution in [0.4, 0.5) is 0 Å². The minimum atomic E-state index is -3.72. The summed E-state index contributed by atoms with van der Waals surface area (Å²) in [6, 6.07) is 6.42. The molecule has 0 amide bonds. The van der Waals surface area contributed by atoms with Crippen molar-refractivity contribution in [3.8, 4) is 0 Å². The van der Waals surface area contributed by atoms with Gasteiger partial charge in [-0.25, -0.2) is 0 Å². The van der Waals surface area contributed by atoms with E-state index in [1.54, 1.807) is 12.1 Å². The van der Waals surface area contributed by atoms with E-state index in [1.165, 1.54) is 4.31 Å². The number of piperazine rings is 1. The van der Waals surface area contributed by atoms with E-state index >= 15 is 0 Å². The summed E-state index contributed by atoms with van der Waals surface area (Å²) in [5.74, 6) is -1.04. The number of hydrogen-bond acceptors (Lipinski definition) is 4. The number of carboxylic acids is 1. The van der Waals surface area contributed by atoms with Crippen LogP contribution < -0.4 is 4.72 Å². The molecule has 1 atom stereocenters. The maximum absolute atomic E-state index is 12.5. The number of aliphatic carboxylic acids is 1. The summed E-state index contributed by atoms with van der Waals surface area (Å²) in [6.45, 7) is 4.05.